The molecule has 6 aromatic rings. The third-order valence-corrected chi connectivity index (χ3v) is 7.44. The number of rotatable bonds is 4. The molecule has 0 aliphatic carbocycles. The van der Waals surface area contributed by atoms with E-state index in [4.69, 9.17) is 0 Å². The van der Waals surface area contributed by atoms with Crippen molar-refractivity contribution in [2.75, 3.05) is 0 Å². The molecule has 2 heterocycles. The van der Waals surface area contributed by atoms with E-state index in [1.165, 1.54) is 50.1 Å². The predicted molar refractivity (Wildman–Crippen MR) is 176 cm³/mol. The Labute approximate surface area is 271 Å². The maximum Gasteiger partial charge on any atom is 2.00 e. The van der Waals surface area contributed by atoms with Gasteiger partial charge in [0.2, 0.25) is 0 Å². The largest absolute Gasteiger partial charge is 2.00 e. The third kappa shape index (κ3) is 7.27. The van der Waals surface area contributed by atoms with E-state index < -0.39 is 0 Å². The van der Waals surface area contributed by atoms with E-state index in [0.29, 0.717) is 0 Å². The van der Waals surface area contributed by atoms with Gasteiger partial charge >= 0.3 is 21.1 Å². The molecule has 2 aromatic heterocycles. The summed E-state index contributed by atoms with van der Waals surface area (Å²) >= 11 is 0. The summed E-state index contributed by atoms with van der Waals surface area (Å²) in [4.78, 5) is 9.02. The molecule has 0 saturated heterocycles. The molecule has 0 radical (unpaired) electrons. The Balaban J connectivity index is 0.000000192. The fourth-order valence-corrected chi connectivity index (χ4v) is 5.94. The molecule has 216 valence electrons. The van der Waals surface area contributed by atoms with Crippen LogP contribution in [0, 0.1) is 53.7 Å². The molecular formula is C40H36N2Pt. The minimum atomic E-state index is 0. The van der Waals surface area contributed by atoms with Gasteiger partial charge in [-0.15, -0.1) is 23.8 Å². The zero-order valence-electron chi connectivity index (χ0n) is 25.6. The molecule has 43 heavy (non-hydrogen) atoms. The molecule has 0 saturated carbocycles. The van der Waals surface area contributed by atoms with Crippen LogP contribution < -0.4 is 0 Å². The zero-order valence-corrected chi connectivity index (χ0v) is 27.9. The van der Waals surface area contributed by atoms with Crippen LogP contribution in [0.4, 0.5) is 0 Å². The summed E-state index contributed by atoms with van der Waals surface area (Å²) in [6, 6.07) is 40.0. The van der Waals surface area contributed by atoms with Crippen LogP contribution in [0.1, 0.15) is 33.4 Å². The summed E-state index contributed by atoms with van der Waals surface area (Å²) < 4.78 is 0. The Morgan fingerprint density at radius 2 is 1.07 bits per heavy atom. The molecule has 2 nitrogen and oxygen atoms in total. The van der Waals surface area contributed by atoms with Gasteiger partial charge in [0.1, 0.15) is 0 Å². The molecule has 0 aliphatic rings. The van der Waals surface area contributed by atoms with E-state index in [1.807, 2.05) is 60.9 Å². The Morgan fingerprint density at radius 3 is 1.65 bits per heavy atom. The van der Waals surface area contributed by atoms with E-state index in [0.717, 1.165) is 28.1 Å². The van der Waals surface area contributed by atoms with Crippen LogP contribution in [0.5, 0.6) is 0 Å². The summed E-state index contributed by atoms with van der Waals surface area (Å²) in [5, 5.41) is 0. The van der Waals surface area contributed by atoms with Crippen LogP contribution >= 0.6 is 0 Å². The standard InChI is InChI=1S/C21H18.C19H18N2.Pt/c1-15-13-16(2)21(17(3)14-15)20-12-8-7-11-19(20)18-9-5-4-6-10-18;1-13-11-14(2)18(15(3)12-13)16-7-6-10-21-19(16)17-8-4-5-9-20-17;/h4-9,12-14H,1-3H3;4-12H,1-3H3;/q-2;;+2. The Hall–Kier alpha value is -4.13. The molecule has 0 bridgehead atoms. The van der Waals surface area contributed by atoms with E-state index in [-0.39, 0.29) is 21.1 Å². The van der Waals surface area contributed by atoms with Gasteiger partial charge < -0.3 is 0 Å². The molecular weight excluding hydrogens is 704 g/mol. The molecule has 4 aromatic carbocycles. The van der Waals surface area contributed by atoms with Crippen LogP contribution in [0.3, 0.4) is 0 Å². The zero-order chi connectivity index (χ0) is 29.6. The molecule has 0 aliphatic heterocycles. The molecule has 6 rings (SSSR count). The van der Waals surface area contributed by atoms with Crippen LogP contribution in [-0.2, 0) is 21.1 Å². The monoisotopic (exact) mass is 739 g/mol. The number of hydrogen-bond donors (Lipinski definition) is 0. The second-order valence-electron chi connectivity index (χ2n) is 10.9. The molecule has 0 N–H and O–H groups in total. The maximum atomic E-state index is 4.57. The number of pyridine rings is 2. The topological polar surface area (TPSA) is 25.8 Å². The third-order valence-electron chi connectivity index (χ3n) is 7.44. The Morgan fingerprint density at radius 1 is 0.512 bits per heavy atom. The normalized spacial score (nSPS) is 10.4. The van der Waals surface area contributed by atoms with E-state index in [2.05, 4.69) is 112 Å². The minimum absolute atomic E-state index is 0. The van der Waals surface area contributed by atoms with Gasteiger partial charge in [0, 0.05) is 18.0 Å². The maximum absolute atomic E-state index is 4.57. The van der Waals surface area contributed by atoms with Gasteiger partial charge in [0.25, 0.3) is 0 Å². The van der Waals surface area contributed by atoms with E-state index >= 15 is 0 Å². The first kappa shape index (κ1) is 31.8. The van der Waals surface area contributed by atoms with Crippen LogP contribution in [0.15, 0.2) is 109 Å². The fourth-order valence-electron chi connectivity index (χ4n) is 5.94. The molecule has 0 fully saturated rings. The number of benzene rings is 4. The first-order chi connectivity index (χ1) is 20.3. The summed E-state index contributed by atoms with van der Waals surface area (Å²) in [6.45, 7) is 13.0. The van der Waals surface area contributed by atoms with E-state index in [9.17, 15) is 0 Å². The number of hydrogen-bond acceptors (Lipinski definition) is 2. The van der Waals surface area contributed by atoms with Crippen molar-refractivity contribution in [2.45, 2.75) is 41.5 Å². The van der Waals surface area contributed by atoms with Crippen molar-refractivity contribution in [1.29, 1.82) is 0 Å². The SMILES string of the molecule is Cc1cc(C)c(-c2ccc[c-]c2-c2[c-]cccc2)c(C)c1.Cc1cc(C)c(-c2cccnc2-c2ccccn2)c(C)c1.[Pt+2]. The van der Waals surface area contributed by atoms with Crippen molar-refractivity contribution in [2.24, 2.45) is 0 Å². The van der Waals surface area contributed by atoms with Crippen molar-refractivity contribution in [3.05, 3.63) is 155 Å². The van der Waals surface area contributed by atoms with Gasteiger partial charge in [-0.2, -0.15) is 36.4 Å². The summed E-state index contributed by atoms with van der Waals surface area (Å²) in [6.07, 6.45) is 3.63. The quantitative estimate of drug-likeness (QED) is 0.168. The summed E-state index contributed by atoms with van der Waals surface area (Å²) in [7, 11) is 0. The van der Waals surface area contributed by atoms with Crippen molar-refractivity contribution in [3.63, 3.8) is 0 Å². The van der Waals surface area contributed by atoms with Crippen molar-refractivity contribution in [1.82, 2.24) is 9.97 Å². The number of aromatic nitrogens is 2. The second-order valence-corrected chi connectivity index (χ2v) is 10.9. The van der Waals surface area contributed by atoms with Crippen molar-refractivity contribution < 1.29 is 21.1 Å². The molecule has 0 amide bonds. The van der Waals surface area contributed by atoms with E-state index in [1.54, 1.807) is 0 Å². The first-order valence-electron chi connectivity index (χ1n) is 14.3. The molecule has 0 spiro atoms. The van der Waals surface area contributed by atoms with Gasteiger partial charge in [-0.3, -0.25) is 9.97 Å². The van der Waals surface area contributed by atoms with Gasteiger partial charge in [-0.1, -0.05) is 64.2 Å². The van der Waals surface area contributed by atoms with Crippen molar-refractivity contribution >= 4 is 0 Å². The number of nitrogens with zero attached hydrogens (tertiary/aromatic N) is 2. The average molecular weight is 740 g/mol. The van der Waals surface area contributed by atoms with Crippen molar-refractivity contribution in [3.8, 4) is 44.8 Å². The molecule has 3 heteroatoms. The Kier molecular flexibility index (Phi) is 10.6. The van der Waals surface area contributed by atoms with Gasteiger partial charge in [-0.25, -0.2) is 11.1 Å². The fraction of sp³-hybridized carbons (Fsp3) is 0.150. The Bertz CT molecular complexity index is 1640. The smallest absolute Gasteiger partial charge is 0.255 e. The van der Waals surface area contributed by atoms with Gasteiger partial charge in [-0.05, 0) is 76.4 Å². The summed E-state index contributed by atoms with van der Waals surface area (Å²) in [5.41, 5.74) is 16.8. The van der Waals surface area contributed by atoms with Crippen LogP contribution in [-0.4, -0.2) is 9.97 Å². The second kappa shape index (κ2) is 14.4. The molecule has 0 atom stereocenters. The van der Waals surface area contributed by atoms with Crippen LogP contribution in [0.2, 0.25) is 0 Å². The molecule has 0 unspecified atom stereocenters. The van der Waals surface area contributed by atoms with Gasteiger partial charge in [0.15, 0.2) is 0 Å². The number of aryl methyl sites for hydroxylation is 6. The van der Waals surface area contributed by atoms with Crippen LogP contribution in [0.25, 0.3) is 44.8 Å². The first-order valence-corrected chi connectivity index (χ1v) is 14.3. The predicted octanol–water partition coefficient (Wildman–Crippen LogP) is 10.3. The minimum Gasteiger partial charge on any atom is -0.255 e. The van der Waals surface area contributed by atoms with Gasteiger partial charge in [0.05, 0.1) is 11.4 Å². The summed E-state index contributed by atoms with van der Waals surface area (Å²) in [5.74, 6) is 0. The average Bonchev–Trinajstić information content (AvgIpc) is 2.98.